The molecule has 0 radical (unpaired) electrons. The molecule has 0 atom stereocenters. The Balaban J connectivity index is 2.34. The average Bonchev–Trinajstić information content (AvgIpc) is 2.34. The predicted octanol–water partition coefficient (Wildman–Crippen LogP) is 1.44. The number of amides is 1. The molecular formula is C14H23N3O. The van der Waals surface area contributed by atoms with Crippen LogP contribution in [-0.4, -0.2) is 32.6 Å². The van der Waals surface area contributed by atoms with Crippen LogP contribution in [0.5, 0.6) is 0 Å². The molecule has 0 saturated heterocycles. The summed E-state index contributed by atoms with van der Waals surface area (Å²) >= 11 is 0. The molecule has 18 heavy (non-hydrogen) atoms. The topological polar surface area (TPSA) is 53.2 Å². The zero-order chi connectivity index (χ0) is 13.4. The molecule has 0 bridgehead atoms. The van der Waals surface area contributed by atoms with Crippen molar-refractivity contribution in [3.8, 4) is 0 Å². The van der Waals surface area contributed by atoms with Gasteiger partial charge in [-0.15, -0.1) is 0 Å². The molecule has 1 aromatic carbocycles. The maximum absolute atomic E-state index is 11.6. The minimum Gasteiger partial charge on any atom is -0.376 e. The minimum absolute atomic E-state index is 0.0359. The normalized spacial score (nSPS) is 10.2. The highest BCUT2D eigenvalue weighted by Gasteiger charge is 2.04. The molecule has 1 rings (SSSR count). The second-order valence-electron chi connectivity index (χ2n) is 4.43. The smallest absolute Gasteiger partial charge is 0.239 e. The lowest BCUT2D eigenvalue weighted by Gasteiger charge is -2.12. The molecule has 100 valence electrons. The Hall–Kier alpha value is -1.55. The first-order valence-electron chi connectivity index (χ1n) is 6.36. The van der Waals surface area contributed by atoms with Crippen molar-refractivity contribution < 1.29 is 4.79 Å². The molecular weight excluding hydrogens is 226 g/mol. The molecule has 0 saturated carbocycles. The van der Waals surface area contributed by atoms with Crippen LogP contribution in [0, 0.1) is 13.8 Å². The van der Waals surface area contributed by atoms with E-state index in [4.69, 9.17) is 0 Å². The molecule has 4 heteroatoms. The molecule has 1 aromatic rings. The predicted molar refractivity (Wildman–Crippen MR) is 76.0 cm³/mol. The summed E-state index contributed by atoms with van der Waals surface area (Å²) in [7, 11) is 1.91. The zero-order valence-corrected chi connectivity index (χ0v) is 11.5. The molecule has 0 aliphatic carbocycles. The van der Waals surface area contributed by atoms with Crippen molar-refractivity contribution in [2.24, 2.45) is 0 Å². The fourth-order valence-corrected chi connectivity index (χ4v) is 1.82. The van der Waals surface area contributed by atoms with Gasteiger partial charge in [-0.3, -0.25) is 4.79 Å². The summed E-state index contributed by atoms with van der Waals surface area (Å²) in [6.45, 7) is 6.05. The van der Waals surface area contributed by atoms with Crippen molar-refractivity contribution in [1.82, 2.24) is 10.6 Å². The van der Waals surface area contributed by atoms with E-state index in [1.807, 2.05) is 39.1 Å². The number of para-hydroxylation sites is 1. The van der Waals surface area contributed by atoms with Gasteiger partial charge in [0.05, 0.1) is 6.54 Å². The number of rotatable bonds is 7. The summed E-state index contributed by atoms with van der Waals surface area (Å²) in [6, 6.07) is 6.11. The van der Waals surface area contributed by atoms with Crippen LogP contribution in [-0.2, 0) is 4.79 Å². The van der Waals surface area contributed by atoms with Gasteiger partial charge < -0.3 is 16.0 Å². The number of aryl methyl sites for hydroxylation is 2. The first-order valence-corrected chi connectivity index (χ1v) is 6.36. The number of benzene rings is 1. The van der Waals surface area contributed by atoms with E-state index in [1.54, 1.807) is 0 Å². The van der Waals surface area contributed by atoms with Crippen LogP contribution in [0.1, 0.15) is 17.5 Å². The maximum Gasteiger partial charge on any atom is 0.239 e. The molecule has 0 aliphatic heterocycles. The minimum atomic E-state index is 0.0359. The van der Waals surface area contributed by atoms with E-state index in [1.165, 1.54) is 0 Å². The Labute approximate surface area is 109 Å². The van der Waals surface area contributed by atoms with Crippen LogP contribution >= 0.6 is 0 Å². The highest BCUT2D eigenvalue weighted by atomic mass is 16.1. The van der Waals surface area contributed by atoms with Gasteiger partial charge in [0.1, 0.15) is 0 Å². The number of anilines is 1. The number of hydrogen-bond acceptors (Lipinski definition) is 3. The summed E-state index contributed by atoms with van der Waals surface area (Å²) in [4.78, 5) is 11.6. The number of nitrogens with one attached hydrogen (secondary N) is 3. The fourth-order valence-electron chi connectivity index (χ4n) is 1.82. The van der Waals surface area contributed by atoms with Crippen molar-refractivity contribution in [3.05, 3.63) is 29.3 Å². The number of carbonyl (C=O) groups excluding carboxylic acids is 1. The zero-order valence-electron chi connectivity index (χ0n) is 11.5. The molecule has 1 amide bonds. The van der Waals surface area contributed by atoms with Gasteiger partial charge in [0, 0.05) is 12.2 Å². The highest BCUT2D eigenvalue weighted by Crippen LogP contribution is 2.18. The van der Waals surface area contributed by atoms with Crippen LogP contribution < -0.4 is 16.0 Å². The summed E-state index contributed by atoms with van der Waals surface area (Å²) < 4.78 is 0. The molecule has 4 nitrogen and oxygen atoms in total. The lowest BCUT2D eigenvalue weighted by Crippen LogP contribution is -2.32. The Morgan fingerprint density at radius 1 is 1.17 bits per heavy atom. The summed E-state index contributed by atoms with van der Waals surface area (Å²) in [6.07, 6.45) is 0.950. The molecule has 0 heterocycles. The third-order valence-corrected chi connectivity index (χ3v) is 2.83. The van der Waals surface area contributed by atoms with Crippen LogP contribution in [0.15, 0.2) is 18.2 Å². The van der Waals surface area contributed by atoms with Crippen molar-refractivity contribution in [1.29, 1.82) is 0 Å². The van der Waals surface area contributed by atoms with Crippen molar-refractivity contribution in [3.63, 3.8) is 0 Å². The summed E-state index contributed by atoms with van der Waals surface area (Å²) in [5.74, 6) is 0.0359. The van der Waals surface area contributed by atoms with Gasteiger partial charge in [0.15, 0.2) is 0 Å². The number of carbonyl (C=O) groups is 1. The molecule has 0 aliphatic rings. The lowest BCUT2D eigenvalue weighted by molar-refractivity contribution is -0.119. The van der Waals surface area contributed by atoms with Gasteiger partial charge in [0.25, 0.3) is 0 Å². The van der Waals surface area contributed by atoms with Gasteiger partial charge in [-0.2, -0.15) is 0 Å². The third kappa shape index (κ3) is 4.75. The van der Waals surface area contributed by atoms with Gasteiger partial charge in [-0.05, 0) is 45.0 Å². The Bertz CT molecular complexity index is 370. The molecule has 0 spiro atoms. The third-order valence-electron chi connectivity index (χ3n) is 2.83. The second kappa shape index (κ2) is 7.71. The van der Waals surface area contributed by atoms with Gasteiger partial charge in [-0.25, -0.2) is 0 Å². The molecule has 0 fully saturated rings. The summed E-state index contributed by atoms with van der Waals surface area (Å²) in [5, 5.41) is 9.13. The van der Waals surface area contributed by atoms with Crippen molar-refractivity contribution in [2.45, 2.75) is 20.3 Å². The quantitative estimate of drug-likeness (QED) is 0.641. The van der Waals surface area contributed by atoms with E-state index in [0.717, 1.165) is 29.8 Å². The van der Waals surface area contributed by atoms with Gasteiger partial charge >= 0.3 is 0 Å². The van der Waals surface area contributed by atoms with Crippen molar-refractivity contribution >= 4 is 11.6 Å². The molecule has 0 aromatic heterocycles. The first kappa shape index (κ1) is 14.5. The second-order valence-corrected chi connectivity index (χ2v) is 4.43. The van der Waals surface area contributed by atoms with Crippen LogP contribution in [0.2, 0.25) is 0 Å². The standard InChI is InChI=1S/C14H23N3O/c1-11-6-4-7-12(2)14(11)17-10-13(18)16-9-5-8-15-3/h4,6-7,15,17H,5,8-10H2,1-3H3,(H,16,18). The average molecular weight is 249 g/mol. The SMILES string of the molecule is CNCCCNC(=O)CNc1c(C)cccc1C. The molecule has 3 N–H and O–H groups in total. The fraction of sp³-hybridized carbons (Fsp3) is 0.500. The number of hydrogen-bond donors (Lipinski definition) is 3. The lowest BCUT2D eigenvalue weighted by atomic mass is 10.1. The van der Waals surface area contributed by atoms with E-state index in [0.29, 0.717) is 13.1 Å². The Morgan fingerprint density at radius 3 is 2.44 bits per heavy atom. The highest BCUT2D eigenvalue weighted by molar-refractivity contribution is 5.81. The largest absolute Gasteiger partial charge is 0.376 e. The monoisotopic (exact) mass is 249 g/mol. The van der Waals surface area contributed by atoms with E-state index < -0.39 is 0 Å². The van der Waals surface area contributed by atoms with E-state index >= 15 is 0 Å². The van der Waals surface area contributed by atoms with Crippen molar-refractivity contribution in [2.75, 3.05) is 32.0 Å². The van der Waals surface area contributed by atoms with Gasteiger partial charge in [-0.1, -0.05) is 18.2 Å². The molecule has 0 unspecified atom stereocenters. The maximum atomic E-state index is 11.6. The van der Waals surface area contributed by atoms with E-state index in [2.05, 4.69) is 16.0 Å². The van der Waals surface area contributed by atoms with Crippen LogP contribution in [0.3, 0.4) is 0 Å². The summed E-state index contributed by atoms with van der Waals surface area (Å²) in [5.41, 5.74) is 3.39. The Morgan fingerprint density at radius 2 is 1.83 bits per heavy atom. The Kier molecular flexibility index (Phi) is 6.22. The first-order chi connectivity index (χ1) is 8.65. The van der Waals surface area contributed by atoms with E-state index in [-0.39, 0.29) is 5.91 Å². The van der Waals surface area contributed by atoms with Gasteiger partial charge in [0.2, 0.25) is 5.91 Å². The van der Waals surface area contributed by atoms with E-state index in [9.17, 15) is 4.79 Å². The van der Waals surface area contributed by atoms with Crippen LogP contribution in [0.25, 0.3) is 0 Å². The van der Waals surface area contributed by atoms with Crippen LogP contribution in [0.4, 0.5) is 5.69 Å².